The van der Waals surface area contributed by atoms with Crippen molar-refractivity contribution in [2.75, 3.05) is 23.8 Å². The van der Waals surface area contributed by atoms with Crippen molar-refractivity contribution in [1.29, 1.82) is 0 Å². The van der Waals surface area contributed by atoms with E-state index < -0.39 is 4.92 Å². The van der Waals surface area contributed by atoms with Crippen LogP contribution in [-0.2, 0) is 4.79 Å². The molecule has 0 aliphatic carbocycles. The molecule has 20 heavy (non-hydrogen) atoms. The topological polar surface area (TPSA) is 93.5 Å². The Kier molecular flexibility index (Phi) is 3.52. The van der Waals surface area contributed by atoms with Gasteiger partial charge in [0.15, 0.2) is 12.4 Å². The first-order chi connectivity index (χ1) is 9.26. The second kappa shape index (κ2) is 4.99. The van der Waals surface area contributed by atoms with Crippen LogP contribution in [-0.4, -0.2) is 24.0 Å². The van der Waals surface area contributed by atoms with Gasteiger partial charge in [-0.25, -0.2) is 0 Å². The third-order valence-corrected chi connectivity index (χ3v) is 2.74. The number of rotatable bonds is 3. The number of nitro benzene ring substituents is 1. The van der Waals surface area contributed by atoms with Crippen LogP contribution >= 0.6 is 0 Å². The predicted molar refractivity (Wildman–Crippen MR) is 75.2 cm³/mol. The van der Waals surface area contributed by atoms with Crippen LogP contribution in [0.2, 0.25) is 0 Å². The molecule has 1 aromatic carbocycles. The lowest BCUT2D eigenvalue weighted by atomic mass is 9.97. The quantitative estimate of drug-likeness (QED) is 0.654. The Morgan fingerprint density at radius 2 is 2.15 bits per heavy atom. The van der Waals surface area contributed by atoms with Crippen LogP contribution < -0.4 is 15.4 Å². The van der Waals surface area contributed by atoms with Gasteiger partial charge in [-0.1, -0.05) is 20.8 Å². The molecule has 1 aromatic rings. The maximum Gasteiger partial charge on any atom is 0.296 e. The number of amides is 1. The molecule has 1 aliphatic rings. The molecule has 0 radical (unpaired) electrons. The molecule has 0 aromatic heterocycles. The molecule has 0 atom stereocenters. The third-order valence-electron chi connectivity index (χ3n) is 2.74. The van der Waals surface area contributed by atoms with Crippen LogP contribution in [0.5, 0.6) is 5.75 Å². The summed E-state index contributed by atoms with van der Waals surface area (Å²) in [7, 11) is 0. The van der Waals surface area contributed by atoms with Crippen molar-refractivity contribution in [3.8, 4) is 5.75 Å². The van der Waals surface area contributed by atoms with E-state index >= 15 is 0 Å². The van der Waals surface area contributed by atoms with Gasteiger partial charge >= 0.3 is 0 Å². The Morgan fingerprint density at radius 1 is 1.45 bits per heavy atom. The lowest BCUT2D eigenvalue weighted by molar-refractivity contribution is -0.384. The first-order valence-electron chi connectivity index (χ1n) is 6.25. The number of ether oxygens (including phenoxy) is 1. The first-order valence-corrected chi connectivity index (χ1v) is 6.25. The first kappa shape index (κ1) is 14.1. The fourth-order valence-electron chi connectivity index (χ4n) is 1.77. The molecule has 2 N–H and O–H groups in total. The number of nitro groups is 1. The van der Waals surface area contributed by atoms with E-state index in [1.54, 1.807) is 0 Å². The second-order valence-electron chi connectivity index (χ2n) is 5.87. The second-order valence-corrected chi connectivity index (χ2v) is 5.87. The highest BCUT2D eigenvalue weighted by atomic mass is 16.6. The highest BCUT2D eigenvalue weighted by Crippen LogP contribution is 2.38. The van der Waals surface area contributed by atoms with Crippen LogP contribution in [0, 0.1) is 15.5 Å². The molecule has 1 amide bonds. The monoisotopic (exact) mass is 279 g/mol. The highest BCUT2D eigenvalue weighted by molar-refractivity contribution is 5.96. The summed E-state index contributed by atoms with van der Waals surface area (Å²) in [6.45, 7) is 6.51. The molecular formula is C13H17N3O4. The largest absolute Gasteiger partial charge is 0.481 e. The minimum absolute atomic E-state index is 0.0243. The summed E-state index contributed by atoms with van der Waals surface area (Å²) in [5.74, 6) is 0.0470. The van der Waals surface area contributed by atoms with Crippen molar-refractivity contribution < 1.29 is 14.5 Å². The average molecular weight is 279 g/mol. The fraction of sp³-hybridized carbons (Fsp3) is 0.462. The van der Waals surface area contributed by atoms with Crippen LogP contribution in [0.3, 0.4) is 0 Å². The zero-order valence-corrected chi connectivity index (χ0v) is 11.6. The summed E-state index contributed by atoms with van der Waals surface area (Å²) >= 11 is 0. The normalized spacial score (nSPS) is 14.1. The highest BCUT2D eigenvalue weighted by Gasteiger charge is 2.24. The Balaban J connectivity index is 2.35. The van der Waals surface area contributed by atoms with E-state index in [9.17, 15) is 14.9 Å². The van der Waals surface area contributed by atoms with E-state index in [-0.39, 0.29) is 23.6 Å². The predicted octanol–water partition coefficient (Wildman–Crippen LogP) is 2.38. The maximum absolute atomic E-state index is 11.3. The number of carbonyl (C=O) groups excluding carboxylic acids is 1. The molecule has 7 heteroatoms. The van der Waals surface area contributed by atoms with Gasteiger partial charge in [0.05, 0.1) is 16.7 Å². The molecule has 0 saturated carbocycles. The molecule has 1 heterocycles. The molecule has 0 saturated heterocycles. The molecule has 2 rings (SSSR count). The van der Waals surface area contributed by atoms with E-state index in [1.807, 2.05) is 20.8 Å². The Hall–Kier alpha value is -2.31. The van der Waals surface area contributed by atoms with Crippen molar-refractivity contribution in [3.63, 3.8) is 0 Å². The van der Waals surface area contributed by atoms with Gasteiger partial charge < -0.3 is 15.4 Å². The number of nitrogens with one attached hydrogen (secondary N) is 2. The minimum Gasteiger partial charge on any atom is -0.481 e. The van der Waals surface area contributed by atoms with Gasteiger partial charge in [-0.15, -0.1) is 0 Å². The number of anilines is 2. The van der Waals surface area contributed by atoms with E-state index in [4.69, 9.17) is 4.74 Å². The Bertz CT molecular complexity index is 563. The summed E-state index contributed by atoms with van der Waals surface area (Å²) in [6, 6.07) is 2.87. The molecule has 0 fully saturated rings. The van der Waals surface area contributed by atoms with Crippen LogP contribution in [0.1, 0.15) is 20.8 Å². The van der Waals surface area contributed by atoms with E-state index in [1.165, 1.54) is 12.1 Å². The SMILES string of the molecule is CC(C)(C)CNc1cc2c(cc1[N+](=O)[O-])OCC(=O)N2. The Morgan fingerprint density at radius 3 is 2.75 bits per heavy atom. The summed E-state index contributed by atoms with van der Waals surface area (Å²) in [5.41, 5.74) is 0.727. The van der Waals surface area contributed by atoms with Gasteiger partial charge in [-0.3, -0.25) is 14.9 Å². The molecule has 0 unspecified atom stereocenters. The molecular weight excluding hydrogens is 262 g/mol. The molecule has 0 spiro atoms. The van der Waals surface area contributed by atoms with Gasteiger partial charge in [-0.2, -0.15) is 0 Å². The standard InChI is InChI=1S/C13H17N3O4/c1-13(2,3)7-14-8-4-9-11(5-10(8)16(18)19)20-6-12(17)15-9/h4-5,14H,6-7H2,1-3H3,(H,15,17). The minimum atomic E-state index is -0.467. The van der Waals surface area contributed by atoms with Crippen molar-refractivity contribution in [1.82, 2.24) is 0 Å². The van der Waals surface area contributed by atoms with E-state index in [0.717, 1.165) is 0 Å². The van der Waals surface area contributed by atoms with Crippen molar-refractivity contribution in [2.24, 2.45) is 5.41 Å². The van der Waals surface area contributed by atoms with Gasteiger partial charge in [0, 0.05) is 6.54 Å². The zero-order valence-electron chi connectivity index (χ0n) is 11.6. The van der Waals surface area contributed by atoms with Crippen molar-refractivity contribution >= 4 is 23.0 Å². The lowest BCUT2D eigenvalue weighted by Crippen LogP contribution is -2.26. The summed E-state index contributed by atoms with van der Waals surface area (Å²) in [4.78, 5) is 21.9. The molecule has 7 nitrogen and oxygen atoms in total. The Labute approximate surface area is 116 Å². The molecule has 1 aliphatic heterocycles. The summed E-state index contributed by atoms with van der Waals surface area (Å²) in [5, 5.41) is 16.8. The number of hydrogen-bond acceptors (Lipinski definition) is 5. The van der Waals surface area contributed by atoms with Crippen LogP contribution in [0.4, 0.5) is 17.1 Å². The zero-order chi connectivity index (χ0) is 14.9. The lowest BCUT2D eigenvalue weighted by Gasteiger charge is -2.22. The smallest absolute Gasteiger partial charge is 0.296 e. The van der Waals surface area contributed by atoms with Gasteiger partial charge in [0.2, 0.25) is 0 Å². The number of fused-ring (bicyclic) bond motifs is 1. The van der Waals surface area contributed by atoms with Crippen LogP contribution in [0.15, 0.2) is 12.1 Å². The van der Waals surface area contributed by atoms with Crippen molar-refractivity contribution in [3.05, 3.63) is 22.2 Å². The maximum atomic E-state index is 11.3. The fourth-order valence-corrected chi connectivity index (χ4v) is 1.77. The van der Waals surface area contributed by atoms with Gasteiger partial charge in [0.25, 0.3) is 11.6 Å². The average Bonchev–Trinajstić information content (AvgIpc) is 2.34. The number of carbonyl (C=O) groups is 1. The van der Waals surface area contributed by atoms with Gasteiger partial charge in [0.1, 0.15) is 5.69 Å². The third kappa shape index (κ3) is 3.17. The van der Waals surface area contributed by atoms with E-state index in [2.05, 4.69) is 10.6 Å². The molecule has 0 bridgehead atoms. The van der Waals surface area contributed by atoms with Crippen molar-refractivity contribution in [2.45, 2.75) is 20.8 Å². The molecule has 108 valence electrons. The number of benzene rings is 1. The summed E-state index contributed by atoms with van der Waals surface area (Å²) < 4.78 is 5.18. The number of hydrogen-bond donors (Lipinski definition) is 2. The summed E-state index contributed by atoms with van der Waals surface area (Å²) in [6.07, 6.45) is 0. The number of nitrogens with zero attached hydrogens (tertiary/aromatic N) is 1. The van der Waals surface area contributed by atoms with Crippen LogP contribution in [0.25, 0.3) is 0 Å². The van der Waals surface area contributed by atoms with E-state index in [0.29, 0.717) is 23.7 Å². The van der Waals surface area contributed by atoms with Gasteiger partial charge in [-0.05, 0) is 11.5 Å².